The number of hydrogen-bond donors (Lipinski definition) is 1. The Hall–Kier alpha value is -2.99. The van der Waals surface area contributed by atoms with Crippen molar-refractivity contribution in [1.29, 1.82) is 0 Å². The molecule has 3 heterocycles. The van der Waals surface area contributed by atoms with Crippen LogP contribution in [0.3, 0.4) is 0 Å². The fourth-order valence-electron chi connectivity index (χ4n) is 3.29. The second kappa shape index (κ2) is 5.53. The van der Waals surface area contributed by atoms with Crippen LogP contribution in [0.4, 0.5) is 5.82 Å². The number of carbonyl (C=O) groups excluding carboxylic acids is 1. The predicted molar refractivity (Wildman–Crippen MR) is 98.1 cm³/mol. The summed E-state index contributed by atoms with van der Waals surface area (Å²) in [6, 6.07) is 14.0. The number of fused-ring (bicyclic) bond motifs is 4. The molecule has 0 saturated carbocycles. The van der Waals surface area contributed by atoms with Crippen LogP contribution in [-0.2, 0) is 12.8 Å². The molecule has 0 aliphatic heterocycles. The second-order valence-electron chi connectivity index (χ2n) is 6.01. The standard InChI is InChI=1S/C19H14N4OS/c24-19(22-17-7-9-20-16-8-10-21-23(16)17)15-11-13-6-5-12-3-1-2-4-14(12)18(13)25-15/h1-4,7-11H,5-6H2,(H,22,24). The largest absolute Gasteiger partial charge is 0.306 e. The van der Waals surface area contributed by atoms with Crippen LogP contribution in [0.15, 0.2) is 54.9 Å². The molecule has 6 heteroatoms. The van der Waals surface area contributed by atoms with E-state index in [-0.39, 0.29) is 5.91 Å². The van der Waals surface area contributed by atoms with Crippen molar-refractivity contribution in [2.24, 2.45) is 0 Å². The third kappa shape index (κ3) is 2.34. The van der Waals surface area contributed by atoms with E-state index in [4.69, 9.17) is 0 Å². The molecule has 0 spiro atoms. The Morgan fingerprint density at radius 3 is 2.92 bits per heavy atom. The molecule has 25 heavy (non-hydrogen) atoms. The van der Waals surface area contributed by atoms with Crippen LogP contribution in [0.25, 0.3) is 16.1 Å². The first-order valence-corrected chi connectivity index (χ1v) is 8.92. The molecular formula is C19H14N4OS. The van der Waals surface area contributed by atoms with Gasteiger partial charge >= 0.3 is 0 Å². The van der Waals surface area contributed by atoms with Gasteiger partial charge in [0.1, 0.15) is 5.82 Å². The van der Waals surface area contributed by atoms with Crippen molar-refractivity contribution in [3.05, 3.63) is 70.9 Å². The first-order valence-electron chi connectivity index (χ1n) is 8.11. The Morgan fingerprint density at radius 1 is 1.08 bits per heavy atom. The molecule has 1 aliphatic carbocycles. The van der Waals surface area contributed by atoms with E-state index >= 15 is 0 Å². The van der Waals surface area contributed by atoms with Gasteiger partial charge in [0.2, 0.25) is 0 Å². The topological polar surface area (TPSA) is 59.3 Å². The molecular weight excluding hydrogens is 332 g/mol. The van der Waals surface area contributed by atoms with Gasteiger partial charge in [0.15, 0.2) is 5.65 Å². The number of aryl methyl sites for hydroxylation is 2. The molecule has 122 valence electrons. The molecule has 0 saturated heterocycles. The molecule has 1 aromatic carbocycles. The van der Waals surface area contributed by atoms with Gasteiger partial charge in [-0.1, -0.05) is 24.3 Å². The average Bonchev–Trinajstić information content (AvgIpc) is 3.29. The van der Waals surface area contributed by atoms with Crippen LogP contribution in [-0.4, -0.2) is 20.5 Å². The van der Waals surface area contributed by atoms with Gasteiger partial charge in [-0.3, -0.25) is 4.79 Å². The van der Waals surface area contributed by atoms with E-state index < -0.39 is 0 Å². The number of nitrogens with one attached hydrogen (secondary N) is 1. The lowest BCUT2D eigenvalue weighted by Crippen LogP contribution is -2.13. The summed E-state index contributed by atoms with van der Waals surface area (Å²) in [6.45, 7) is 0. The first-order chi connectivity index (χ1) is 12.3. The number of benzene rings is 1. The molecule has 1 aliphatic rings. The van der Waals surface area contributed by atoms with Crippen molar-refractivity contribution >= 4 is 28.7 Å². The van der Waals surface area contributed by atoms with Crippen LogP contribution >= 0.6 is 11.3 Å². The lowest BCUT2D eigenvalue weighted by molar-refractivity contribution is 0.103. The maximum absolute atomic E-state index is 12.7. The van der Waals surface area contributed by atoms with Crippen molar-refractivity contribution in [1.82, 2.24) is 14.6 Å². The molecule has 1 amide bonds. The van der Waals surface area contributed by atoms with Crippen molar-refractivity contribution < 1.29 is 4.79 Å². The van der Waals surface area contributed by atoms with Gasteiger partial charge in [-0.05, 0) is 41.7 Å². The smallest absolute Gasteiger partial charge is 0.266 e. The maximum atomic E-state index is 12.7. The molecule has 1 N–H and O–H groups in total. The van der Waals surface area contributed by atoms with Crippen molar-refractivity contribution in [2.75, 3.05) is 5.32 Å². The van der Waals surface area contributed by atoms with Crippen molar-refractivity contribution in [3.8, 4) is 10.4 Å². The highest BCUT2D eigenvalue weighted by Gasteiger charge is 2.21. The number of hydrogen-bond acceptors (Lipinski definition) is 4. The minimum Gasteiger partial charge on any atom is -0.306 e. The number of amides is 1. The lowest BCUT2D eigenvalue weighted by Gasteiger charge is -2.15. The normalized spacial score (nSPS) is 12.6. The zero-order chi connectivity index (χ0) is 16.8. The van der Waals surface area contributed by atoms with E-state index in [1.807, 2.05) is 6.07 Å². The number of carbonyl (C=O) groups is 1. The molecule has 5 rings (SSSR count). The van der Waals surface area contributed by atoms with Gasteiger partial charge in [0, 0.05) is 17.1 Å². The molecule has 0 unspecified atom stereocenters. The van der Waals surface area contributed by atoms with E-state index in [0.717, 1.165) is 17.7 Å². The second-order valence-corrected chi connectivity index (χ2v) is 7.06. The van der Waals surface area contributed by atoms with Crippen LogP contribution in [0.1, 0.15) is 20.8 Å². The number of aromatic nitrogens is 3. The highest BCUT2D eigenvalue weighted by atomic mass is 32.1. The van der Waals surface area contributed by atoms with E-state index in [0.29, 0.717) is 11.5 Å². The van der Waals surface area contributed by atoms with E-state index in [2.05, 4.69) is 39.7 Å². The number of thiophene rings is 1. The highest BCUT2D eigenvalue weighted by Crippen LogP contribution is 2.39. The van der Waals surface area contributed by atoms with Crippen molar-refractivity contribution in [2.45, 2.75) is 12.8 Å². The zero-order valence-corrected chi connectivity index (χ0v) is 14.1. The first kappa shape index (κ1) is 14.4. The number of anilines is 1. The summed E-state index contributed by atoms with van der Waals surface area (Å²) in [5.41, 5.74) is 4.58. The Kier molecular flexibility index (Phi) is 3.18. The molecule has 3 aromatic heterocycles. The highest BCUT2D eigenvalue weighted by molar-refractivity contribution is 7.17. The summed E-state index contributed by atoms with van der Waals surface area (Å²) < 4.78 is 1.63. The third-order valence-corrected chi connectivity index (χ3v) is 5.70. The fraction of sp³-hybridized carbons (Fsp3) is 0.105. The zero-order valence-electron chi connectivity index (χ0n) is 13.3. The van der Waals surface area contributed by atoms with Crippen LogP contribution in [0, 0.1) is 0 Å². The molecule has 0 bridgehead atoms. The molecule has 0 atom stereocenters. The van der Waals surface area contributed by atoms with Gasteiger partial charge in [-0.25, -0.2) is 4.98 Å². The Balaban J connectivity index is 1.50. The summed E-state index contributed by atoms with van der Waals surface area (Å²) in [5, 5.41) is 7.16. The predicted octanol–water partition coefficient (Wildman–Crippen LogP) is 3.81. The van der Waals surface area contributed by atoms with Gasteiger partial charge in [-0.15, -0.1) is 11.3 Å². The van der Waals surface area contributed by atoms with E-state index in [1.54, 1.807) is 40.4 Å². The van der Waals surface area contributed by atoms with Crippen LogP contribution < -0.4 is 5.32 Å². The average molecular weight is 346 g/mol. The monoisotopic (exact) mass is 346 g/mol. The Labute approximate surface area is 148 Å². The van der Waals surface area contributed by atoms with Crippen LogP contribution in [0.2, 0.25) is 0 Å². The third-order valence-electron chi connectivity index (χ3n) is 4.49. The molecule has 0 radical (unpaired) electrons. The summed E-state index contributed by atoms with van der Waals surface area (Å²) >= 11 is 1.56. The van der Waals surface area contributed by atoms with Gasteiger partial charge < -0.3 is 5.32 Å². The van der Waals surface area contributed by atoms with Gasteiger partial charge in [0.05, 0.1) is 11.1 Å². The number of rotatable bonds is 2. The Morgan fingerprint density at radius 2 is 1.96 bits per heavy atom. The fourth-order valence-corrected chi connectivity index (χ4v) is 4.46. The van der Waals surface area contributed by atoms with Gasteiger partial charge in [0.25, 0.3) is 5.91 Å². The quantitative estimate of drug-likeness (QED) is 0.600. The van der Waals surface area contributed by atoms with Crippen molar-refractivity contribution in [3.63, 3.8) is 0 Å². The molecule has 4 aromatic rings. The molecule has 0 fully saturated rings. The van der Waals surface area contributed by atoms with E-state index in [1.165, 1.54) is 21.6 Å². The maximum Gasteiger partial charge on any atom is 0.266 e. The van der Waals surface area contributed by atoms with Crippen LogP contribution in [0.5, 0.6) is 0 Å². The summed E-state index contributed by atoms with van der Waals surface area (Å²) in [5.74, 6) is 0.506. The minimum absolute atomic E-state index is 0.111. The summed E-state index contributed by atoms with van der Waals surface area (Å²) in [7, 11) is 0. The Bertz CT molecular complexity index is 1110. The summed E-state index contributed by atoms with van der Waals surface area (Å²) in [4.78, 5) is 18.9. The van der Waals surface area contributed by atoms with E-state index in [9.17, 15) is 4.79 Å². The molecule has 5 nitrogen and oxygen atoms in total. The SMILES string of the molecule is O=C(Nc1ccnc2ccnn12)c1cc2c(s1)-c1ccccc1CC2. The van der Waals surface area contributed by atoms with Gasteiger partial charge in [-0.2, -0.15) is 9.61 Å². The summed E-state index contributed by atoms with van der Waals surface area (Å²) in [6.07, 6.45) is 5.34. The lowest BCUT2D eigenvalue weighted by atomic mass is 9.91. The minimum atomic E-state index is -0.111. The number of nitrogens with zero attached hydrogens (tertiary/aromatic N) is 3.